The largest absolute Gasteiger partial charge is 0.508 e. The van der Waals surface area contributed by atoms with Crippen molar-refractivity contribution in [3.63, 3.8) is 0 Å². The minimum atomic E-state index is -0.585. The van der Waals surface area contributed by atoms with E-state index in [0.29, 0.717) is 37.6 Å². The number of amides is 2. The molecule has 8 nitrogen and oxygen atoms in total. The third-order valence-corrected chi connectivity index (χ3v) is 6.50. The molecular weight excluding hydrogens is 442 g/mol. The summed E-state index contributed by atoms with van der Waals surface area (Å²) in [5, 5.41) is 17.4. The number of phenols is 1. The van der Waals surface area contributed by atoms with Crippen LogP contribution < -0.4 is 5.32 Å². The van der Waals surface area contributed by atoms with Gasteiger partial charge >= 0.3 is 0 Å². The topological polar surface area (TPSA) is 90.7 Å². The molecular formula is C24H24ClN5O3. The van der Waals surface area contributed by atoms with Crippen LogP contribution in [0.2, 0.25) is 5.02 Å². The van der Waals surface area contributed by atoms with Crippen molar-refractivity contribution in [1.82, 2.24) is 24.9 Å². The molecule has 33 heavy (non-hydrogen) atoms. The zero-order valence-electron chi connectivity index (χ0n) is 17.9. The van der Waals surface area contributed by atoms with Crippen LogP contribution in [-0.4, -0.2) is 68.2 Å². The fourth-order valence-corrected chi connectivity index (χ4v) is 4.70. The molecule has 2 atom stereocenters. The second kappa shape index (κ2) is 8.88. The summed E-state index contributed by atoms with van der Waals surface area (Å²) in [4.78, 5) is 29.8. The molecule has 2 aliphatic rings. The van der Waals surface area contributed by atoms with Crippen LogP contribution in [0.1, 0.15) is 11.1 Å². The number of rotatable bonds is 5. The van der Waals surface area contributed by atoms with Gasteiger partial charge in [-0.2, -0.15) is 5.10 Å². The smallest absolute Gasteiger partial charge is 0.246 e. The number of para-hydroxylation sites is 1. The zero-order chi connectivity index (χ0) is 22.9. The first kappa shape index (κ1) is 21.5. The fraction of sp³-hybridized carbons (Fsp3) is 0.292. The van der Waals surface area contributed by atoms with E-state index in [1.165, 1.54) is 0 Å². The van der Waals surface area contributed by atoms with Gasteiger partial charge in [0.2, 0.25) is 11.8 Å². The Kier molecular flexibility index (Phi) is 5.78. The number of aromatic hydroxyl groups is 1. The molecule has 5 rings (SSSR count). The number of hydrogen-bond acceptors (Lipinski definition) is 5. The van der Waals surface area contributed by atoms with E-state index in [1.54, 1.807) is 40.0 Å². The number of halogens is 1. The maximum Gasteiger partial charge on any atom is 0.246 e. The monoisotopic (exact) mass is 465 g/mol. The van der Waals surface area contributed by atoms with E-state index in [1.807, 2.05) is 30.5 Å². The highest BCUT2D eigenvalue weighted by atomic mass is 35.5. The SMILES string of the molecule is O=C1N[C@H](Cc2ccc(O)cc2)C(=O)N2CCN(Cc3cnn(-c4ccccc4Cl)c3)C[C@H]12. The Hall–Kier alpha value is -3.36. The molecule has 2 aliphatic heterocycles. The number of hydrogen-bond donors (Lipinski definition) is 2. The van der Waals surface area contributed by atoms with E-state index in [4.69, 9.17) is 11.6 Å². The highest BCUT2D eigenvalue weighted by Gasteiger charge is 2.43. The molecule has 3 heterocycles. The lowest BCUT2D eigenvalue weighted by atomic mass is 9.98. The molecule has 0 bridgehead atoms. The molecule has 9 heteroatoms. The van der Waals surface area contributed by atoms with Gasteiger partial charge in [-0.05, 0) is 29.8 Å². The van der Waals surface area contributed by atoms with Crippen LogP contribution in [0.5, 0.6) is 5.75 Å². The van der Waals surface area contributed by atoms with Crippen molar-refractivity contribution in [2.45, 2.75) is 25.0 Å². The van der Waals surface area contributed by atoms with Gasteiger partial charge in [-0.3, -0.25) is 14.5 Å². The van der Waals surface area contributed by atoms with Gasteiger partial charge in [-0.15, -0.1) is 0 Å². The Morgan fingerprint density at radius 2 is 1.85 bits per heavy atom. The lowest BCUT2D eigenvalue weighted by Gasteiger charge is -2.45. The molecule has 2 amide bonds. The maximum atomic E-state index is 13.1. The van der Waals surface area contributed by atoms with E-state index in [2.05, 4.69) is 15.3 Å². The van der Waals surface area contributed by atoms with E-state index in [9.17, 15) is 14.7 Å². The number of carbonyl (C=O) groups is 2. The van der Waals surface area contributed by atoms with Gasteiger partial charge in [-0.1, -0.05) is 35.9 Å². The van der Waals surface area contributed by atoms with E-state index in [-0.39, 0.29) is 17.6 Å². The number of fused-ring (bicyclic) bond motifs is 1. The van der Waals surface area contributed by atoms with Crippen molar-refractivity contribution in [2.75, 3.05) is 19.6 Å². The van der Waals surface area contributed by atoms with Crippen molar-refractivity contribution >= 4 is 23.4 Å². The molecule has 1 aromatic heterocycles. The number of aromatic nitrogens is 2. The molecule has 2 fully saturated rings. The molecule has 3 aromatic rings. The normalized spacial score (nSPS) is 21.1. The fourth-order valence-electron chi connectivity index (χ4n) is 4.48. The van der Waals surface area contributed by atoms with Crippen LogP contribution in [-0.2, 0) is 22.6 Å². The van der Waals surface area contributed by atoms with Crippen LogP contribution in [0.25, 0.3) is 5.69 Å². The molecule has 0 aliphatic carbocycles. The van der Waals surface area contributed by atoms with E-state index >= 15 is 0 Å². The number of carbonyl (C=O) groups excluding carboxylic acids is 2. The predicted molar refractivity (Wildman–Crippen MR) is 123 cm³/mol. The van der Waals surface area contributed by atoms with Gasteiger partial charge in [0, 0.05) is 44.4 Å². The van der Waals surface area contributed by atoms with Gasteiger partial charge in [0.15, 0.2) is 0 Å². The molecule has 0 unspecified atom stereocenters. The quantitative estimate of drug-likeness (QED) is 0.601. The van der Waals surface area contributed by atoms with Gasteiger partial charge in [-0.25, -0.2) is 4.68 Å². The second-order valence-electron chi connectivity index (χ2n) is 8.46. The first-order chi connectivity index (χ1) is 16.0. The minimum absolute atomic E-state index is 0.0566. The first-order valence-corrected chi connectivity index (χ1v) is 11.3. The average molecular weight is 466 g/mol. The standard InChI is InChI=1S/C24H24ClN5O3/c25-19-3-1-2-4-21(19)30-14-17(12-26-30)13-28-9-10-29-22(15-28)23(32)27-20(24(29)33)11-16-5-7-18(31)8-6-16/h1-8,12,14,20,22,31H,9-11,13,15H2,(H,27,32)/t20-,22-/m1/s1. The molecule has 2 N–H and O–H groups in total. The van der Waals surface area contributed by atoms with E-state index in [0.717, 1.165) is 16.8 Å². The number of nitrogens with one attached hydrogen (secondary N) is 1. The average Bonchev–Trinajstić information content (AvgIpc) is 3.27. The van der Waals surface area contributed by atoms with Crippen LogP contribution >= 0.6 is 11.6 Å². The van der Waals surface area contributed by atoms with Gasteiger partial charge in [0.1, 0.15) is 17.8 Å². The lowest BCUT2D eigenvalue weighted by molar-refractivity contribution is -0.153. The summed E-state index contributed by atoms with van der Waals surface area (Å²) in [6.45, 7) is 2.29. The Morgan fingerprint density at radius 3 is 2.64 bits per heavy atom. The summed E-state index contributed by atoms with van der Waals surface area (Å²) in [6, 6.07) is 13.1. The Morgan fingerprint density at radius 1 is 1.06 bits per heavy atom. The molecule has 0 radical (unpaired) electrons. The first-order valence-electron chi connectivity index (χ1n) is 10.9. The van der Waals surface area contributed by atoms with Crippen LogP contribution in [0, 0.1) is 0 Å². The van der Waals surface area contributed by atoms with Gasteiger partial charge in [0.05, 0.1) is 16.9 Å². The molecule has 2 saturated heterocycles. The lowest BCUT2D eigenvalue weighted by Crippen LogP contribution is -2.69. The Labute approximate surface area is 196 Å². The summed E-state index contributed by atoms with van der Waals surface area (Å²) < 4.78 is 1.75. The van der Waals surface area contributed by atoms with Crippen molar-refractivity contribution < 1.29 is 14.7 Å². The van der Waals surface area contributed by atoms with Crippen LogP contribution in [0.3, 0.4) is 0 Å². The van der Waals surface area contributed by atoms with Gasteiger partial charge in [0.25, 0.3) is 0 Å². The summed E-state index contributed by atoms with van der Waals surface area (Å²) in [5.41, 5.74) is 2.71. The predicted octanol–water partition coefficient (Wildman–Crippen LogP) is 1.99. The maximum absolute atomic E-state index is 13.1. The second-order valence-corrected chi connectivity index (χ2v) is 8.87. The Balaban J connectivity index is 1.23. The molecule has 170 valence electrons. The summed E-state index contributed by atoms with van der Waals surface area (Å²) >= 11 is 6.27. The number of nitrogens with zero attached hydrogens (tertiary/aromatic N) is 4. The van der Waals surface area contributed by atoms with E-state index < -0.39 is 12.1 Å². The third kappa shape index (κ3) is 4.44. The van der Waals surface area contributed by atoms with Crippen molar-refractivity contribution in [1.29, 1.82) is 0 Å². The molecule has 0 spiro atoms. The zero-order valence-corrected chi connectivity index (χ0v) is 18.7. The summed E-state index contributed by atoms with van der Waals surface area (Å²) in [5.74, 6) is -0.0138. The molecule has 0 saturated carbocycles. The number of benzene rings is 2. The highest BCUT2D eigenvalue weighted by molar-refractivity contribution is 6.32. The van der Waals surface area contributed by atoms with Crippen molar-refractivity contribution in [3.05, 3.63) is 77.1 Å². The Bertz CT molecular complexity index is 1180. The minimum Gasteiger partial charge on any atom is -0.508 e. The van der Waals surface area contributed by atoms with Gasteiger partial charge < -0.3 is 15.3 Å². The van der Waals surface area contributed by atoms with Crippen molar-refractivity contribution in [2.24, 2.45) is 0 Å². The summed E-state index contributed by atoms with van der Waals surface area (Å²) in [6.07, 6.45) is 4.14. The van der Waals surface area contributed by atoms with Crippen LogP contribution in [0.4, 0.5) is 0 Å². The number of phenolic OH excluding ortho intramolecular Hbond substituents is 1. The summed E-state index contributed by atoms with van der Waals surface area (Å²) in [7, 11) is 0. The van der Waals surface area contributed by atoms with Crippen molar-refractivity contribution in [3.8, 4) is 11.4 Å². The molecule has 2 aromatic carbocycles. The number of piperazine rings is 2. The highest BCUT2D eigenvalue weighted by Crippen LogP contribution is 2.22. The van der Waals surface area contributed by atoms with Crippen LogP contribution in [0.15, 0.2) is 60.9 Å². The third-order valence-electron chi connectivity index (χ3n) is 6.18.